The lowest BCUT2D eigenvalue weighted by Crippen LogP contribution is -2.15. The number of pyridine rings is 2. The van der Waals surface area contributed by atoms with E-state index in [2.05, 4.69) is 30.2 Å². The van der Waals surface area contributed by atoms with Crippen LogP contribution in [0.4, 0.5) is 20.2 Å². The Morgan fingerprint density at radius 3 is 2.09 bits per heavy atom. The lowest BCUT2D eigenvalue weighted by atomic mass is 10.1. The maximum atomic E-state index is 13.6. The zero-order valence-corrected chi connectivity index (χ0v) is 24.7. The Bertz CT molecular complexity index is 1950. The molecule has 5 aromatic rings. The summed E-state index contributed by atoms with van der Waals surface area (Å²) >= 11 is 0. The number of imidazole rings is 1. The lowest BCUT2D eigenvalue weighted by molar-refractivity contribution is 0.100. The summed E-state index contributed by atoms with van der Waals surface area (Å²) in [5.41, 5.74) is 4.59. The Hall–Kier alpha value is -5.32. The van der Waals surface area contributed by atoms with Crippen LogP contribution in [0.15, 0.2) is 73.3 Å². The highest BCUT2D eigenvalue weighted by molar-refractivity contribution is 6.07. The van der Waals surface area contributed by atoms with Gasteiger partial charge in [0.15, 0.2) is 11.6 Å². The number of hydrogen-bond donors (Lipinski definition) is 2. The minimum Gasteiger partial charge on any atom is -0.381 e. The summed E-state index contributed by atoms with van der Waals surface area (Å²) in [6.45, 7) is 2.93. The maximum absolute atomic E-state index is 13.6. The summed E-state index contributed by atoms with van der Waals surface area (Å²) in [5, 5.41) is 5.92. The summed E-state index contributed by atoms with van der Waals surface area (Å²) in [5.74, 6) is -0.480. The topological polar surface area (TPSA) is 119 Å². The molecule has 7 rings (SSSR count). The molecule has 0 bridgehead atoms. The van der Waals surface area contributed by atoms with Gasteiger partial charge in [-0.3, -0.25) is 24.4 Å². The highest BCUT2D eigenvalue weighted by Gasteiger charge is 2.29. The molecule has 0 unspecified atom stereocenters. The van der Waals surface area contributed by atoms with Crippen molar-refractivity contribution >= 4 is 39.9 Å². The molecule has 11 heteroatoms. The SMILES string of the molecule is CC(=O)c1cncc(-c2nc3ccc(F)cc3n2C2CC2)c1.CC(=O)c1cncc(C(=O)Nc2ccc(F)cc2NC2CC2)c1. The van der Waals surface area contributed by atoms with Gasteiger partial charge in [0.25, 0.3) is 5.91 Å². The minimum absolute atomic E-state index is 0.0329. The second-order valence-corrected chi connectivity index (χ2v) is 11.3. The molecule has 2 N–H and O–H groups in total. The van der Waals surface area contributed by atoms with E-state index >= 15 is 0 Å². The summed E-state index contributed by atoms with van der Waals surface area (Å²) in [7, 11) is 0. The van der Waals surface area contributed by atoms with Crippen LogP contribution in [0.5, 0.6) is 0 Å². The summed E-state index contributed by atoms with van der Waals surface area (Å²) < 4.78 is 29.1. The summed E-state index contributed by atoms with van der Waals surface area (Å²) in [6, 6.07) is 12.8. The van der Waals surface area contributed by atoms with Crippen LogP contribution in [0, 0.1) is 11.6 Å². The molecule has 0 radical (unpaired) electrons. The van der Waals surface area contributed by atoms with Crippen LogP contribution >= 0.6 is 0 Å². The number of hydrogen-bond acceptors (Lipinski definition) is 7. The van der Waals surface area contributed by atoms with Crippen molar-refractivity contribution in [3.05, 3.63) is 102 Å². The predicted octanol–water partition coefficient (Wildman–Crippen LogP) is 7.02. The average molecular weight is 609 g/mol. The number of Topliss-reactive ketones (excluding diaryl/α,β-unsaturated/α-hetero) is 2. The molecule has 0 saturated heterocycles. The molecule has 228 valence electrons. The van der Waals surface area contributed by atoms with Gasteiger partial charge in [-0.15, -0.1) is 0 Å². The highest BCUT2D eigenvalue weighted by Crippen LogP contribution is 2.41. The van der Waals surface area contributed by atoms with Gasteiger partial charge in [-0.2, -0.15) is 0 Å². The van der Waals surface area contributed by atoms with E-state index in [4.69, 9.17) is 0 Å². The van der Waals surface area contributed by atoms with E-state index in [9.17, 15) is 23.2 Å². The normalized spacial score (nSPS) is 14.0. The summed E-state index contributed by atoms with van der Waals surface area (Å²) in [4.78, 5) is 48.0. The number of aromatic nitrogens is 4. The number of amides is 1. The highest BCUT2D eigenvalue weighted by atomic mass is 19.1. The number of nitrogens with zero attached hydrogens (tertiary/aromatic N) is 4. The molecule has 2 fully saturated rings. The predicted molar refractivity (Wildman–Crippen MR) is 166 cm³/mol. The monoisotopic (exact) mass is 608 g/mol. The zero-order valence-electron chi connectivity index (χ0n) is 24.7. The Kier molecular flexibility index (Phi) is 8.16. The van der Waals surface area contributed by atoms with Crippen molar-refractivity contribution in [3.8, 4) is 11.4 Å². The first-order valence-corrected chi connectivity index (χ1v) is 14.6. The smallest absolute Gasteiger partial charge is 0.257 e. The number of carbonyl (C=O) groups excluding carboxylic acids is 3. The van der Waals surface area contributed by atoms with E-state index in [-0.39, 0.29) is 28.8 Å². The van der Waals surface area contributed by atoms with Crippen molar-refractivity contribution in [2.75, 3.05) is 10.6 Å². The van der Waals surface area contributed by atoms with Crippen molar-refractivity contribution in [3.63, 3.8) is 0 Å². The molecule has 1 amide bonds. The number of rotatable bonds is 8. The van der Waals surface area contributed by atoms with Gasteiger partial charge in [-0.05, 0) is 88.1 Å². The lowest BCUT2D eigenvalue weighted by Gasteiger charge is -2.13. The zero-order chi connectivity index (χ0) is 31.7. The van der Waals surface area contributed by atoms with Crippen molar-refractivity contribution in [1.29, 1.82) is 0 Å². The van der Waals surface area contributed by atoms with Crippen molar-refractivity contribution in [1.82, 2.24) is 19.5 Å². The second kappa shape index (κ2) is 12.4. The number of benzene rings is 2. The molecule has 2 aliphatic carbocycles. The molecule has 2 saturated carbocycles. The Labute approximate surface area is 257 Å². The van der Waals surface area contributed by atoms with Crippen LogP contribution in [-0.4, -0.2) is 43.0 Å². The molecule has 9 nitrogen and oxygen atoms in total. The minimum atomic E-state index is -0.397. The third-order valence-corrected chi connectivity index (χ3v) is 7.54. The fourth-order valence-electron chi connectivity index (χ4n) is 4.87. The van der Waals surface area contributed by atoms with Crippen LogP contribution in [-0.2, 0) is 0 Å². The fraction of sp³-hybridized carbons (Fsp3) is 0.235. The first-order chi connectivity index (χ1) is 21.7. The number of halogens is 2. The fourth-order valence-corrected chi connectivity index (χ4v) is 4.87. The molecule has 0 atom stereocenters. The van der Waals surface area contributed by atoms with E-state index < -0.39 is 5.91 Å². The third-order valence-electron chi connectivity index (χ3n) is 7.54. The molecule has 45 heavy (non-hydrogen) atoms. The summed E-state index contributed by atoms with van der Waals surface area (Å²) in [6.07, 6.45) is 10.3. The molecule has 2 aliphatic rings. The van der Waals surface area contributed by atoms with Gasteiger partial charge < -0.3 is 15.2 Å². The molecule has 2 aromatic carbocycles. The number of fused-ring (bicyclic) bond motifs is 1. The van der Waals surface area contributed by atoms with Crippen molar-refractivity contribution < 1.29 is 23.2 Å². The largest absolute Gasteiger partial charge is 0.381 e. The van der Waals surface area contributed by atoms with Crippen LogP contribution in [0.3, 0.4) is 0 Å². The Balaban J connectivity index is 0.000000159. The Morgan fingerprint density at radius 1 is 0.756 bits per heavy atom. The van der Waals surface area contributed by atoms with Crippen molar-refractivity contribution in [2.45, 2.75) is 51.6 Å². The van der Waals surface area contributed by atoms with E-state index in [0.717, 1.165) is 48.1 Å². The van der Waals surface area contributed by atoms with Crippen LogP contribution in [0.2, 0.25) is 0 Å². The quantitative estimate of drug-likeness (QED) is 0.182. The van der Waals surface area contributed by atoms with Gasteiger partial charge in [0.2, 0.25) is 0 Å². The van der Waals surface area contributed by atoms with Crippen molar-refractivity contribution in [2.24, 2.45) is 0 Å². The van der Waals surface area contributed by atoms with E-state index in [0.29, 0.717) is 34.6 Å². The number of carbonyl (C=O) groups is 3. The standard InChI is InChI=1S/C17H16FN3O2.C17H14FN3O/c1-10(22)11-6-12(9-19-8-11)17(23)21-15-5-2-13(18)7-16(15)20-14-3-4-14;1-10(22)11-6-12(9-19-8-11)17-20-15-5-2-13(18)7-16(15)21(17)14-3-4-14/h2,5-9,14,20H,3-4H2,1H3,(H,21,23);2,5-9,14H,3-4H2,1H3. The van der Waals surface area contributed by atoms with Gasteiger partial charge >= 0.3 is 0 Å². The van der Waals surface area contributed by atoms with E-state index in [1.165, 1.54) is 62.6 Å². The third kappa shape index (κ3) is 6.93. The number of nitrogens with one attached hydrogen (secondary N) is 2. The Morgan fingerprint density at radius 2 is 1.40 bits per heavy atom. The molecule has 3 heterocycles. The average Bonchev–Trinajstić information content (AvgIpc) is 3.98. The van der Waals surface area contributed by atoms with Gasteiger partial charge in [-0.25, -0.2) is 13.8 Å². The number of anilines is 2. The van der Waals surface area contributed by atoms with Crippen LogP contribution in [0.1, 0.15) is 76.6 Å². The number of ketones is 2. The van der Waals surface area contributed by atoms with Gasteiger partial charge in [0.05, 0.1) is 28.0 Å². The molecular weight excluding hydrogens is 578 g/mol. The van der Waals surface area contributed by atoms with Crippen LogP contribution < -0.4 is 10.6 Å². The first kappa shape index (κ1) is 29.7. The van der Waals surface area contributed by atoms with Gasteiger partial charge in [0.1, 0.15) is 17.5 Å². The van der Waals surface area contributed by atoms with Gasteiger partial charge in [0, 0.05) is 53.6 Å². The molecule has 3 aromatic heterocycles. The van der Waals surface area contributed by atoms with Crippen LogP contribution in [0.25, 0.3) is 22.4 Å². The second-order valence-electron chi connectivity index (χ2n) is 11.3. The molecule has 0 spiro atoms. The van der Waals surface area contributed by atoms with E-state index in [1.807, 2.05) is 0 Å². The molecular formula is C34H30F2N6O3. The first-order valence-electron chi connectivity index (χ1n) is 14.6. The van der Waals surface area contributed by atoms with Gasteiger partial charge in [-0.1, -0.05) is 0 Å². The maximum Gasteiger partial charge on any atom is 0.257 e. The van der Waals surface area contributed by atoms with E-state index in [1.54, 1.807) is 24.5 Å². The molecule has 0 aliphatic heterocycles.